The third kappa shape index (κ3) is 4.85. The molecule has 1 aromatic heterocycles. The van der Waals surface area contributed by atoms with Gasteiger partial charge >= 0.3 is 0 Å². The molecule has 1 fully saturated rings. The number of aryl methyl sites for hydroxylation is 1. The summed E-state index contributed by atoms with van der Waals surface area (Å²) in [5.74, 6) is 0.402. The van der Waals surface area contributed by atoms with Crippen molar-refractivity contribution in [1.82, 2.24) is 10.2 Å². The fourth-order valence-corrected chi connectivity index (χ4v) is 7.60. The molecule has 4 aromatic rings. The maximum absolute atomic E-state index is 14.2. The van der Waals surface area contributed by atoms with E-state index in [2.05, 4.69) is 11.9 Å². The lowest BCUT2D eigenvalue weighted by atomic mass is 9.69. The normalized spacial score (nSPS) is 21.3. The average Bonchev–Trinajstić information content (AvgIpc) is 3.42. The number of thiophene rings is 1. The fraction of sp³-hybridized carbons (Fsp3) is 0.265. The number of amides is 2. The molecule has 0 bridgehead atoms. The first-order valence-electron chi connectivity index (χ1n) is 14.5. The van der Waals surface area contributed by atoms with E-state index >= 15 is 0 Å². The number of ether oxygens (including phenoxy) is 1. The van der Waals surface area contributed by atoms with Gasteiger partial charge in [-0.05, 0) is 73.7 Å². The van der Waals surface area contributed by atoms with Gasteiger partial charge in [0.25, 0.3) is 5.91 Å². The minimum absolute atomic E-state index is 0.125. The van der Waals surface area contributed by atoms with Gasteiger partial charge in [-0.15, -0.1) is 11.3 Å². The van der Waals surface area contributed by atoms with Crippen LogP contribution < -0.4 is 27.3 Å². The molecule has 2 amide bonds. The number of carbonyl (C=O) groups is 3. The Morgan fingerprint density at radius 3 is 2.52 bits per heavy atom. The standard InChI is InChI=1S/C34H35N5O4S/c1-18(2)33(42)39-15-7-8-20(17-39)38-32(41)30-27-26-24(13-14-25(35)29(26)44-30)34(37,31(40)28(27)36)23-12-11-22(16-19(23)3)43-21-9-5-4-6-10-21/h4-6,9-14,16,20,28H,1,7-8,15,17,35-37H2,2-3H3,(H,38,41). The summed E-state index contributed by atoms with van der Waals surface area (Å²) in [6.07, 6.45) is 1.47. The Balaban J connectivity index is 1.38. The number of nitrogens with two attached hydrogens (primary N) is 3. The van der Waals surface area contributed by atoms with Crippen LogP contribution in [0.5, 0.6) is 11.5 Å². The van der Waals surface area contributed by atoms with Crippen LogP contribution in [0.25, 0.3) is 10.1 Å². The van der Waals surface area contributed by atoms with Crippen molar-refractivity contribution in [2.24, 2.45) is 11.5 Å². The van der Waals surface area contributed by atoms with Crippen LogP contribution in [0.4, 0.5) is 5.69 Å². The van der Waals surface area contributed by atoms with Gasteiger partial charge < -0.3 is 32.2 Å². The molecular weight excluding hydrogens is 574 g/mol. The Hall–Kier alpha value is -4.51. The highest BCUT2D eigenvalue weighted by Crippen LogP contribution is 2.50. The molecule has 1 saturated heterocycles. The molecule has 3 unspecified atom stereocenters. The number of ketones is 1. The number of Topliss-reactive ketones (excluding diaryl/α,β-unsaturated/α-hetero) is 1. The van der Waals surface area contributed by atoms with E-state index in [0.717, 1.165) is 18.4 Å². The van der Waals surface area contributed by atoms with Crippen molar-refractivity contribution in [3.05, 3.63) is 99.9 Å². The summed E-state index contributed by atoms with van der Waals surface area (Å²) in [5, 5.41) is 3.72. The highest BCUT2D eigenvalue weighted by molar-refractivity contribution is 7.21. The first-order chi connectivity index (χ1) is 21.0. The van der Waals surface area contributed by atoms with Crippen LogP contribution >= 0.6 is 11.3 Å². The Bertz CT molecular complexity index is 1830. The van der Waals surface area contributed by atoms with Crippen LogP contribution in [0.1, 0.15) is 57.7 Å². The second-order valence-electron chi connectivity index (χ2n) is 11.6. The van der Waals surface area contributed by atoms with Crippen LogP contribution in [0, 0.1) is 6.92 Å². The van der Waals surface area contributed by atoms with Gasteiger partial charge in [0.1, 0.15) is 17.0 Å². The van der Waals surface area contributed by atoms with E-state index in [1.807, 2.05) is 43.3 Å². The van der Waals surface area contributed by atoms with Crippen molar-refractivity contribution in [3.63, 3.8) is 0 Å². The molecule has 2 aliphatic rings. The zero-order valence-corrected chi connectivity index (χ0v) is 25.5. The van der Waals surface area contributed by atoms with Gasteiger partial charge in [-0.3, -0.25) is 14.4 Å². The van der Waals surface area contributed by atoms with Crippen molar-refractivity contribution < 1.29 is 19.1 Å². The van der Waals surface area contributed by atoms with Gasteiger partial charge in [0.05, 0.1) is 15.6 Å². The van der Waals surface area contributed by atoms with E-state index in [1.54, 1.807) is 36.1 Å². The maximum Gasteiger partial charge on any atom is 0.262 e. The minimum Gasteiger partial charge on any atom is -0.457 e. The Kier molecular flexibility index (Phi) is 7.53. The molecule has 0 saturated carbocycles. The number of rotatable bonds is 6. The quantitative estimate of drug-likeness (QED) is 0.183. The third-order valence-corrected chi connectivity index (χ3v) is 9.78. The molecule has 2 heterocycles. The van der Waals surface area contributed by atoms with Crippen LogP contribution in [0.15, 0.2) is 72.8 Å². The highest BCUT2D eigenvalue weighted by atomic mass is 32.1. The first-order valence-corrected chi connectivity index (χ1v) is 15.4. The molecule has 9 nitrogen and oxygen atoms in total. The number of nitrogen functional groups attached to an aromatic ring is 1. The van der Waals surface area contributed by atoms with E-state index in [9.17, 15) is 14.4 Å². The van der Waals surface area contributed by atoms with Crippen LogP contribution in [-0.4, -0.2) is 41.6 Å². The number of anilines is 1. The highest BCUT2D eigenvalue weighted by Gasteiger charge is 2.49. The van der Waals surface area contributed by atoms with Gasteiger partial charge in [0, 0.05) is 41.3 Å². The average molecular weight is 610 g/mol. The zero-order chi connectivity index (χ0) is 31.3. The second-order valence-corrected chi connectivity index (χ2v) is 12.7. The van der Waals surface area contributed by atoms with Crippen molar-refractivity contribution in [2.75, 3.05) is 18.8 Å². The summed E-state index contributed by atoms with van der Waals surface area (Å²) in [5.41, 5.74) is 21.9. The van der Waals surface area contributed by atoms with Gasteiger partial charge in [0.15, 0.2) is 5.78 Å². The summed E-state index contributed by atoms with van der Waals surface area (Å²) < 4.78 is 6.66. The molecule has 1 aliphatic carbocycles. The summed E-state index contributed by atoms with van der Waals surface area (Å²) in [6.45, 7) is 8.31. The van der Waals surface area contributed by atoms with E-state index in [4.69, 9.17) is 21.9 Å². The summed E-state index contributed by atoms with van der Waals surface area (Å²) in [6, 6.07) is 16.9. The second kappa shape index (κ2) is 11.2. The number of piperidine rings is 1. The van der Waals surface area contributed by atoms with Crippen molar-refractivity contribution in [1.29, 1.82) is 0 Å². The van der Waals surface area contributed by atoms with E-state index in [1.165, 1.54) is 11.3 Å². The van der Waals surface area contributed by atoms with Gasteiger partial charge in [-0.25, -0.2) is 0 Å². The van der Waals surface area contributed by atoms with Gasteiger partial charge in [0.2, 0.25) is 5.91 Å². The van der Waals surface area contributed by atoms with Crippen LogP contribution in [0.2, 0.25) is 0 Å². The number of para-hydroxylation sites is 1. The molecule has 226 valence electrons. The van der Waals surface area contributed by atoms with Crippen LogP contribution in [-0.2, 0) is 15.1 Å². The van der Waals surface area contributed by atoms with Gasteiger partial charge in [-0.2, -0.15) is 0 Å². The number of carbonyl (C=O) groups excluding carboxylic acids is 3. The lowest BCUT2D eigenvalue weighted by Crippen LogP contribution is -2.53. The van der Waals surface area contributed by atoms with E-state index in [-0.39, 0.29) is 17.9 Å². The molecular formula is C34H35N5O4S. The Morgan fingerprint density at radius 1 is 1.09 bits per heavy atom. The third-order valence-electron chi connectivity index (χ3n) is 8.53. The smallest absolute Gasteiger partial charge is 0.262 e. The summed E-state index contributed by atoms with van der Waals surface area (Å²) in [4.78, 5) is 42.5. The number of hydrogen-bond acceptors (Lipinski definition) is 8. The number of nitrogens with one attached hydrogen (secondary N) is 1. The number of benzene rings is 3. The molecule has 44 heavy (non-hydrogen) atoms. The number of likely N-dealkylation sites (tertiary alicyclic amines) is 1. The van der Waals surface area contributed by atoms with Crippen LogP contribution in [0.3, 0.4) is 0 Å². The monoisotopic (exact) mass is 609 g/mol. The lowest BCUT2D eigenvalue weighted by Gasteiger charge is -2.37. The molecule has 3 aromatic carbocycles. The zero-order valence-electron chi connectivity index (χ0n) is 24.7. The van der Waals surface area contributed by atoms with Crippen molar-refractivity contribution in [2.45, 2.75) is 44.3 Å². The molecule has 10 heteroatoms. The lowest BCUT2D eigenvalue weighted by molar-refractivity contribution is -0.128. The number of hydrogen-bond donors (Lipinski definition) is 4. The predicted molar refractivity (Wildman–Crippen MR) is 173 cm³/mol. The summed E-state index contributed by atoms with van der Waals surface area (Å²) >= 11 is 1.21. The van der Waals surface area contributed by atoms with Crippen molar-refractivity contribution in [3.8, 4) is 11.5 Å². The fourth-order valence-electron chi connectivity index (χ4n) is 6.39. The largest absolute Gasteiger partial charge is 0.457 e. The molecule has 0 radical (unpaired) electrons. The first kappa shape index (κ1) is 29.6. The molecule has 7 N–H and O–H groups in total. The van der Waals surface area contributed by atoms with E-state index in [0.29, 0.717) is 67.5 Å². The van der Waals surface area contributed by atoms with E-state index < -0.39 is 17.4 Å². The summed E-state index contributed by atoms with van der Waals surface area (Å²) in [7, 11) is 0. The van der Waals surface area contributed by atoms with Gasteiger partial charge in [-0.1, -0.05) is 36.9 Å². The molecule has 1 aliphatic heterocycles. The maximum atomic E-state index is 14.2. The van der Waals surface area contributed by atoms with Crippen molar-refractivity contribution >= 4 is 44.7 Å². The molecule has 6 rings (SSSR count). The SMILES string of the molecule is C=C(C)C(=O)N1CCCC(NC(=O)c2sc3c(N)ccc4c3c2C(N)C(=O)C4(N)c2ccc(Oc3ccccc3)cc2C)C1. The molecule has 3 atom stereocenters. The number of nitrogens with zero attached hydrogens (tertiary/aromatic N) is 1. The molecule has 0 spiro atoms. The Morgan fingerprint density at radius 2 is 1.82 bits per heavy atom. The topological polar surface area (TPSA) is 154 Å². The Labute approximate surface area is 259 Å². The minimum atomic E-state index is -1.57. The predicted octanol–water partition coefficient (Wildman–Crippen LogP) is 4.67.